The summed E-state index contributed by atoms with van der Waals surface area (Å²) < 4.78 is 5.84. The maximum atomic E-state index is 5.84. The zero-order chi connectivity index (χ0) is 17.2. The van der Waals surface area contributed by atoms with Crippen molar-refractivity contribution in [1.82, 2.24) is 19.9 Å². The van der Waals surface area contributed by atoms with Crippen molar-refractivity contribution in [2.75, 3.05) is 11.4 Å². The number of hydrogen-bond acceptors (Lipinski definition) is 5. The smallest absolute Gasteiger partial charge is 0.229 e. The van der Waals surface area contributed by atoms with Gasteiger partial charge in [0.05, 0.1) is 11.7 Å². The van der Waals surface area contributed by atoms with Crippen LogP contribution in [0.5, 0.6) is 11.6 Å². The van der Waals surface area contributed by atoms with Gasteiger partial charge in [-0.1, -0.05) is 18.2 Å². The highest BCUT2D eigenvalue weighted by atomic mass is 16.5. The molecule has 0 radical (unpaired) electrons. The Morgan fingerprint density at radius 2 is 1.96 bits per heavy atom. The molecule has 1 N–H and O–H groups in total. The SMILES string of the molecule is Cc1nc(C2CCCN2c2nccc(Oc3ccccc3)n2)[nH]c1C. The normalized spacial score (nSPS) is 17.0. The molecule has 0 aliphatic carbocycles. The molecule has 1 aliphatic heterocycles. The molecule has 128 valence electrons. The van der Waals surface area contributed by atoms with Crippen molar-refractivity contribution in [2.24, 2.45) is 0 Å². The van der Waals surface area contributed by atoms with E-state index in [1.54, 1.807) is 12.3 Å². The number of imidazole rings is 1. The molecular formula is C19H21N5O. The van der Waals surface area contributed by atoms with Gasteiger partial charge in [0.1, 0.15) is 11.6 Å². The van der Waals surface area contributed by atoms with Gasteiger partial charge in [-0.05, 0) is 38.8 Å². The predicted molar refractivity (Wildman–Crippen MR) is 95.9 cm³/mol. The molecule has 0 amide bonds. The zero-order valence-electron chi connectivity index (χ0n) is 14.4. The molecule has 6 nitrogen and oxygen atoms in total. The third kappa shape index (κ3) is 3.20. The quantitative estimate of drug-likeness (QED) is 0.782. The summed E-state index contributed by atoms with van der Waals surface area (Å²) in [6.45, 7) is 4.99. The van der Waals surface area contributed by atoms with Crippen LogP contribution in [0.3, 0.4) is 0 Å². The fourth-order valence-corrected chi connectivity index (χ4v) is 3.16. The Labute approximate surface area is 146 Å². The summed E-state index contributed by atoms with van der Waals surface area (Å²) in [5.41, 5.74) is 2.16. The minimum absolute atomic E-state index is 0.180. The Balaban J connectivity index is 1.59. The van der Waals surface area contributed by atoms with Crippen molar-refractivity contribution in [2.45, 2.75) is 32.7 Å². The summed E-state index contributed by atoms with van der Waals surface area (Å²) in [5, 5.41) is 0. The van der Waals surface area contributed by atoms with Gasteiger partial charge in [-0.15, -0.1) is 0 Å². The van der Waals surface area contributed by atoms with Crippen LogP contribution in [0.1, 0.15) is 36.1 Å². The molecule has 1 fully saturated rings. The molecule has 1 atom stereocenters. The molecule has 0 spiro atoms. The first kappa shape index (κ1) is 15.6. The van der Waals surface area contributed by atoms with E-state index < -0.39 is 0 Å². The number of aryl methyl sites for hydroxylation is 2. The Morgan fingerprint density at radius 3 is 2.72 bits per heavy atom. The first-order valence-corrected chi connectivity index (χ1v) is 8.56. The van der Waals surface area contributed by atoms with E-state index >= 15 is 0 Å². The monoisotopic (exact) mass is 335 g/mol. The number of nitrogens with one attached hydrogen (secondary N) is 1. The van der Waals surface area contributed by atoms with E-state index in [0.717, 1.165) is 42.3 Å². The highest BCUT2D eigenvalue weighted by Crippen LogP contribution is 2.34. The summed E-state index contributed by atoms with van der Waals surface area (Å²) >= 11 is 0. The zero-order valence-corrected chi connectivity index (χ0v) is 14.4. The fourth-order valence-electron chi connectivity index (χ4n) is 3.16. The van der Waals surface area contributed by atoms with Crippen LogP contribution in [0, 0.1) is 13.8 Å². The third-order valence-corrected chi connectivity index (χ3v) is 4.55. The van der Waals surface area contributed by atoms with E-state index in [4.69, 9.17) is 4.74 Å². The maximum Gasteiger partial charge on any atom is 0.229 e. The summed E-state index contributed by atoms with van der Waals surface area (Å²) in [7, 11) is 0. The fraction of sp³-hybridized carbons (Fsp3) is 0.316. The predicted octanol–water partition coefficient (Wildman–Crippen LogP) is 3.95. The number of aromatic amines is 1. The molecule has 1 saturated heterocycles. The van der Waals surface area contributed by atoms with Crippen molar-refractivity contribution in [1.29, 1.82) is 0 Å². The van der Waals surface area contributed by atoms with Gasteiger partial charge in [-0.25, -0.2) is 9.97 Å². The van der Waals surface area contributed by atoms with Crippen LogP contribution in [-0.2, 0) is 0 Å². The number of benzene rings is 1. The third-order valence-electron chi connectivity index (χ3n) is 4.55. The second-order valence-electron chi connectivity index (χ2n) is 6.29. The summed E-state index contributed by atoms with van der Waals surface area (Å²) in [4.78, 5) is 19.3. The molecule has 25 heavy (non-hydrogen) atoms. The molecule has 1 aliphatic rings. The van der Waals surface area contributed by atoms with Crippen molar-refractivity contribution in [3.05, 3.63) is 59.8 Å². The van der Waals surface area contributed by atoms with Gasteiger partial charge in [-0.3, -0.25) is 0 Å². The number of rotatable bonds is 4. The van der Waals surface area contributed by atoms with Crippen molar-refractivity contribution in [3.63, 3.8) is 0 Å². The lowest BCUT2D eigenvalue weighted by Gasteiger charge is -2.23. The van der Waals surface area contributed by atoms with Crippen LogP contribution in [0.15, 0.2) is 42.6 Å². The molecule has 2 aromatic heterocycles. The molecule has 3 aromatic rings. The Hall–Kier alpha value is -2.89. The average Bonchev–Trinajstić information content (AvgIpc) is 3.23. The Morgan fingerprint density at radius 1 is 1.12 bits per heavy atom. The van der Waals surface area contributed by atoms with Gasteiger partial charge in [0.15, 0.2) is 0 Å². The summed E-state index contributed by atoms with van der Waals surface area (Å²) in [5.74, 6) is 2.99. The first-order chi connectivity index (χ1) is 12.2. The number of para-hydroxylation sites is 1. The molecule has 4 rings (SSSR count). The van der Waals surface area contributed by atoms with E-state index in [2.05, 4.69) is 31.8 Å². The number of H-pyrrole nitrogens is 1. The number of hydrogen-bond donors (Lipinski definition) is 1. The van der Waals surface area contributed by atoms with Crippen LogP contribution >= 0.6 is 0 Å². The minimum atomic E-state index is 0.180. The number of aromatic nitrogens is 4. The number of nitrogens with zero attached hydrogens (tertiary/aromatic N) is 4. The van der Waals surface area contributed by atoms with E-state index in [0.29, 0.717) is 11.8 Å². The minimum Gasteiger partial charge on any atom is -0.439 e. The van der Waals surface area contributed by atoms with Crippen molar-refractivity contribution >= 4 is 5.95 Å². The largest absolute Gasteiger partial charge is 0.439 e. The topological polar surface area (TPSA) is 66.9 Å². The van der Waals surface area contributed by atoms with Crippen molar-refractivity contribution in [3.8, 4) is 11.6 Å². The first-order valence-electron chi connectivity index (χ1n) is 8.56. The van der Waals surface area contributed by atoms with E-state index in [-0.39, 0.29) is 6.04 Å². The van der Waals surface area contributed by atoms with Crippen LogP contribution in [0.4, 0.5) is 5.95 Å². The van der Waals surface area contributed by atoms with Gasteiger partial charge < -0.3 is 14.6 Å². The Bertz CT molecular complexity index is 842. The highest BCUT2D eigenvalue weighted by molar-refractivity contribution is 5.38. The molecule has 0 bridgehead atoms. The molecule has 1 unspecified atom stereocenters. The molecular weight excluding hydrogens is 314 g/mol. The van der Waals surface area contributed by atoms with Gasteiger partial charge in [0.2, 0.25) is 11.8 Å². The summed E-state index contributed by atoms with van der Waals surface area (Å²) in [6, 6.07) is 11.6. The number of ether oxygens (including phenoxy) is 1. The van der Waals surface area contributed by atoms with Crippen LogP contribution in [0.25, 0.3) is 0 Å². The summed E-state index contributed by atoms with van der Waals surface area (Å²) in [6.07, 6.45) is 3.88. The lowest BCUT2D eigenvalue weighted by molar-refractivity contribution is 0.460. The average molecular weight is 335 g/mol. The van der Waals surface area contributed by atoms with Gasteiger partial charge in [0.25, 0.3) is 0 Å². The second kappa shape index (κ2) is 6.55. The van der Waals surface area contributed by atoms with Crippen LogP contribution in [0.2, 0.25) is 0 Å². The second-order valence-corrected chi connectivity index (χ2v) is 6.29. The van der Waals surface area contributed by atoms with Crippen LogP contribution in [-0.4, -0.2) is 26.5 Å². The van der Waals surface area contributed by atoms with Crippen molar-refractivity contribution < 1.29 is 4.74 Å². The highest BCUT2D eigenvalue weighted by Gasteiger charge is 2.30. The molecule has 6 heteroatoms. The lowest BCUT2D eigenvalue weighted by atomic mass is 10.2. The van der Waals surface area contributed by atoms with E-state index in [1.807, 2.05) is 37.3 Å². The molecule has 3 heterocycles. The Kier molecular flexibility index (Phi) is 4.09. The van der Waals surface area contributed by atoms with Gasteiger partial charge in [-0.2, -0.15) is 4.98 Å². The van der Waals surface area contributed by atoms with Gasteiger partial charge in [0, 0.05) is 24.5 Å². The van der Waals surface area contributed by atoms with E-state index in [9.17, 15) is 0 Å². The van der Waals surface area contributed by atoms with Crippen LogP contribution < -0.4 is 9.64 Å². The number of anilines is 1. The standard InChI is InChI=1S/C19H21N5O/c1-13-14(2)22-18(21-13)16-9-6-12-24(16)19-20-11-10-17(23-19)25-15-7-4-3-5-8-15/h3-5,7-8,10-11,16H,6,9,12H2,1-2H3,(H,21,22). The maximum absolute atomic E-state index is 5.84. The molecule has 1 aromatic carbocycles. The van der Waals surface area contributed by atoms with E-state index in [1.165, 1.54) is 0 Å². The molecule has 0 saturated carbocycles. The lowest BCUT2D eigenvalue weighted by Crippen LogP contribution is -2.25. The van der Waals surface area contributed by atoms with Gasteiger partial charge >= 0.3 is 0 Å².